The molecular formula is C19H26N2. The van der Waals surface area contributed by atoms with Gasteiger partial charge in [0.1, 0.15) is 0 Å². The third kappa shape index (κ3) is 2.77. The Balaban J connectivity index is 1.97. The molecular weight excluding hydrogens is 256 g/mol. The normalized spacial score (nSPS) is 26.2. The zero-order valence-corrected chi connectivity index (χ0v) is 13.4. The molecule has 0 amide bonds. The maximum Gasteiger partial charge on any atom is 0.0412 e. The number of benzene rings is 2. The predicted octanol–water partition coefficient (Wildman–Crippen LogP) is 4.20. The summed E-state index contributed by atoms with van der Waals surface area (Å²) < 4.78 is 0. The van der Waals surface area contributed by atoms with Crippen LogP contribution < -0.4 is 10.2 Å². The SMILES string of the molecule is CCC1CNC(C)(CC)CN1c1ccc2ccccc2c1. The van der Waals surface area contributed by atoms with Crippen molar-refractivity contribution in [2.45, 2.75) is 45.2 Å². The number of piperazine rings is 1. The molecule has 1 heterocycles. The fourth-order valence-corrected chi connectivity index (χ4v) is 3.29. The molecule has 1 saturated heterocycles. The number of nitrogens with zero attached hydrogens (tertiary/aromatic N) is 1. The highest BCUT2D eigenvalue weighted by Gasteiger charge is 2.33. The summed E-state index contributed by atoms with van der Waals surface area (Å²) in [4.78, 5) is 2.60. The summed E-state index contributed by atoms with van der Waals surface area (Å²) in [5.41, 5.74) is 1.58. The third-order valence-corrected chi connectivity index (χ3v) is 5.04. The van der Waals surface area contributed by atoms with E-state index in [1.807, 2.05) is 0 Å². The molecule has 2 atom stereocenters. The average molecular weight is 282 g/mol. The first kappa shape index (κ1) is 14.4. The van der Waals surface area contributed by atoms with Crippen LogP contribution in [0.2, 0.25) is 0 Å². The number of hydrogen-bond donors (Lipinski definition) is 1. The quantitative estimate of drug-likeness (QED) is 0.907. The number of hydrogen-bond acceptors (Lipinski definition) is 2. The Morgan fingerprint density at radius 2 is 1.90 bits per heavy atom. The molecule has 0 radical (unpaired) electrons. The molecule has 1 fully saturated rings. The van der Waals surface area contributed by atoms with Crippen LogP contribution in [0.1, 0.15) is 33.6 Å². The van der Waals surface area contributed by atoms with Crippen LogP contribution in [0.15, 0.2) is 42.5 Å². The van der Waals surface area contributed by atoms with Crippen molar-refractivity contribution in [3.63, 3.8) is 0 Å². The Bertz CT molecular complexity index is 622. The van der Waals surface area contributed by atoms with Gasteiger partial charge in [-0.05, 0) is 42.7 Å². The predicted molar refractivity (Wildman–Crippen MR) is 92.1 cm³/mol. The minimum absolute atomic E-state index is 0.220. The second-order valence-corrected chi connectivity index (χ2v) is 6.52. The standard InChI is InChI=1S/C19H26N2/c1-4-17-13-20-19(3,5-2)14-21(17)18-11-10-15-8-6-7-9-16(15)12-18/h6-12,17,20H,4-5,13-14H2,1-3H3. The molecule has 2 nitrogen and oxygen atoms in total. The summed E-state index contributed by atoms with van der Waals surface area (Å²) in [5, 5.41) is 6.40. The van der Waals surface area contributed by atoms with E-state index < -0.39 is 0 Å². The van der Waals surface area contributed by atoms with E-state index in [4.69, 9.17) is 0 Å². The van der Waals surface area contributed by atoms with E-state index in [0.717, 1.165) is 19.5 Å². The highest BCUT2D eigenvalue weighted by molar-refractivity contribution is 5.86. The molecule has 0 aromatic heterocycles. The summed E-state index contributed by atoms with van der Waals surface area (Å²) in [5.74, 6) is 0. The van der Waals surface area contributed by atoms with Gasteiger partial charge in [-0.2, -0.15) is 0 Å². The van der Waals surface area contributed by atoms with Crippen LogP contribution in [0, 0.1) is 0 Å². The van der Waals surface area contributed by atoms with Gasteiger partial charge in [0.05, 0.1) is 0 Å². The molecule has 0 bridgehead atoms. The van der Waals surface area contributed by atoms with Crippen molar-refractivity contribution < 1.29 is 0 Å². The summed E-state index contributed by atoms with van der Waals surface area (Å²) in [7, 11) is 0. The lowest BCUT2D eigenvalue weighted by molar-refractivity contribution is 0.276. The third-order valence-electron chi connectivity index (χ3n) is 5.04. The fraction of sp³-hybridized carbons (Fsp3) is 0.474. The first-order valence-corrected chi connectivity index (χ1v) is 8.15. The highest BCUT2D eigenvalue weighted by Crippen LogP contribution is 2.29. The van der Waals surface area contributed by atoms with Crippen LogP contribution in [0.5, 0.6) is 0 Å². The first-order valence-electron chi connectivity index (χ1n) is 8.15. The van der Waals surface area contributed by atoms with Crippen molar-refractivity contribution in [2.75, 3.05) is 18.0 Å². The van der Waals surface area contributed by atoms with Crippen molar-refractivity contribution in [1.29, 1.82) is 0 Å². The zero-order chi connectivity index (χ0) is 14.9. The van der Waals surface area contributed by atoms with Crippen molar-refractivity contribution in [3.8, 4) is 0 Å². The monoisotopic (exact) mass is 282 g/mol. The van der Waals surface area contributed by atoms with Crippen LogP contribution in [0.25, 0.3) is 10.8 Å². The molecule has 0 saturated carbocycles. The minimum Gasteiger partial charge on any atom is -0.365 e. The smallest absolute Gasteiger partial charge is 0.0412 e. The van der Waals surface area contributed by atoms with E-state index in [2.05, 4.69) is 73.5 Å². The first-order chi connectivity index (χ1) is 10.1. The molecule has 1 N–H and O–H groups in total. The van der Waals surface area contributed by atoms with E-state index in [1.165, 1.54) is 22.9 Å². The van der Waals surface area contributed by atoms with Gasteiger partial charge in [0, 0.05) is 30.4 Å². The van der Waals surface area contributed by atoms with Gasteiger partial charge in [-0.15, -0.1) is 0 Å². The van der Waals surface area contributed by atoms with E-state index in [1.54, 1.807) is 0 Å². The van der Waals surface area contributed by atoms with Gasteiger partial charge in [0.25, 0.3) is 0 Å². The molecule has 1 aliphatic rings. The van der Waals surface area contributed by atoms with Crippen LogP contribution in [-0.4, -0.2) is 24.7 Å². The highest BCUT2D eigenvalue weighted by atomic mass is 15.3. The molecule has 112 valence electrons. The van der Waals surface area contributed by atoms with Crippen LogP contribution >= 0.6 is 0 Å². The van der Waals surface area contributed by atoms with Crippen molar-refractivity contribution in [2.24, 2.45) is 0 Å². The second kappa shape index (κ2) is 5.69. The van der Waals surface area contributed by atoms with E-state index in [-0.39, 0.29) is 5.54 Å². The van der Waals surface area contributed by atoms with E-state index in [9.17, 15) is 0 Å². The molecule has 21 heavy (non-hydrogen) atoms. The summed E-state index contributed by atoms with van der Waals surface area (Å²) in [6.07, 6.45) is 2.34. The van der Waals surface area contributed by atoms with Crippen LogP contribution in [-0.2, 0) is 0 Å². The molecule has 1 aliphatic heterocycles. The minimum atomic E-state index is 0.220. The van der Waals surface area contributed by atoms with E-state index >= 15 is 0 Å². The maximum absolute atomic E-state index is 3.74. The fourth-order valence-electron chi connectivity index (χ4n) is 3.29. The zero-order valence-electron chi connectivity index (χ0n) is 13.4. The Labute approximate surface area is 128 Å². The largest absolute Gasteiger partial charge is 0.365 e. The van der Waals surface area contributed by atoms with Crippen molar-refractivity contribution >= 4 is 16.5 Å². The molecule has 2 aromatic carbocycles. The lowest BCUT2D eigenvalue weighted by Crippen LogP contribution is -2.62. The molecule has 2 aromatic rings. The Hall–Kier alpha value is -1.54. The van der Waals surface area contributed by atoms with Gasteiger partial charge in [-0.1, -0.05) is 44.2 Å². The summed E-state index contributed by atoms with van der Waals surface area (Å²) in [6, 6.07) is 16.1. The van der Waals surface area contributed by atoms with Crippen molar-refractivity contribution in [1.82, 2.24) is 5.32 Å². The number of fused-ring (bicyclic) bond motifs is 1. The molecule has 2 heteroatoms. The topological polar surface area (TPSA) is 15.3 Å². The number of nitrogens with one attached hydrogen (secondary N) is 1. The van der Waals surface area contributed by atoms with Crippen molar-refractivity contribution in [3.05, 3.63) is 42.5 Å². The van der Waals surface area contributed by atoms with Gasteiger partial charge in [-0.25, -0.2) is 0 Å². The van der Waals surface area contributed by atoms with Crippen LogP contribution in [0.4, 0.5) is 5.69 Å². The summed E-state index contributed by atoms with van der Waals surface area (Å²) >= 11 is 0. The Kier molecular flexibility index (Phi) is 3.90. The van der Waals surface area contributed by atoms with Gasteiger partial charge in [-0.3, -0.25) is 0 Å². The Morgan fingerprint density at radius 3 is 2.62 bits per heavy atom. The van der Waals surface area contributed by atoms with Gasteiger partial charge < -0.3 is 10.2 Å². The maximum atomic E-state index is 3.74. The van der Waals surface area contributed by atoms with E-state index in [0.29, 0.717) is 6.04 Å². The van der Waals surface area contributed by atoms with Gasteiger partial charge in [0.15, 0.2) is 0 Å². The average Bonchev–Trinajstić information content (AvgIpc) is 2.54. The molecule has 2 unspecified atom stereocenters. The molecule has 3 rings (SSSR count). The molecule has 0 spiro atoms. The van der Waals surface area contributed by atoms with Gasteiger partial charge >= 0.3 is 0 Å². The second-order valence-electron chi connectivity index (χ2n) is 6.52. The summed E-state index contributed by atoms with van der Waals surface area (Å²) in [6.45, 7) is 9.06. The van der Waals surface area contributed by atoms with Gasteiger partial charge in [0.2, 0.25) is 0 Å². The van der Waals surface area contributed by atoms with Crippen LogP contribution in [0.3, 0.4) is 0 Å². The lowest BCUT2D eigenvalue weighted by atomic mass is 9.92. The molecule has 0 aliphatic carbocycles. The number of rotatable bonds is 3. The lowest BCUT2D eigenvalue weighted by Gasteiger charge is -2.47. The number of anilines is 1. The Morgan fingerprint density at radius 1 is 1.14 bits per heavy atom.